The molecule has 0 aliphatic rings. The van der Waals surface area contributed by atoms with E-state index in [1.165, 1.54) is 18.2 Å². The molecule has 0 bridgehead atoms. The molecule has 210 valence electrons. The van der Waals surface area contributed by atoms with Crippen LogP contribution in [0.1, 0.15) is 73.9 Å². The van der Waals surface area contributed by atoms with Gasteiger partial charge in [-0.2, -0.15) is 0 Å². The summed E-state index contributed by atoms with van der Waals surface area (Å²) in [5.41, 5.74) is 2.90. The van der Waals surface area contributed by atoms with Gasteiger partial charge in [0, 0.05) is 46.7 Å². The standard InChI is InChI=1S/C33H34N4O4/c1-3-5-7-9-13-24-15-11-17-27(19-24)34-32(40)36-29-21-26(31(38)39)22-30(23-29)37-33(41)35-28-18-12-16-25(20-28)14-10-8-6-4-2/h11-12,15-23H,3-8H2,1-2H3,(H,38,39)(H2,34,36,40)(H2,35,37,41). The molecule has 0 fully saturated rings. The fourth-order valence-corrected chi connectivity index (χ4v) is 3.69. The van der Waals surface area contributed by atoms with E-state index >= 15 is 0 Å². The van der Waals surface area contributed by atoms with E-state index in [1.54, 1.807) is 36.4 Å². The van der Waals surface area contributed by atoms with Crippen molar-refractivity contribution in [1.29, 1.82) is 0 Å². The molecule has 3 aromatic rings. The number of carboxylic acids is 1. The molecule has 0 saturated heterocycles. The Balaban J connectivity index is 1.66. The van der Waals surface area contributed by atoms with Crippen LogP contribution in [0, 0.1) is 23.7 Å². The highest BCUT2D eigenvalue weighted by molar-refractivity contribution is 6.04. The van der Waals surface area contributed by atoms with Crippen molar-refractivity contribution >= 4 is 40.8 Å². The summed E-state index contributed by atoms with van der Waals surface area (Å²) < 4.78 is 0. The molecule has 0 aliphatic heterocycles. The number of benzene rings is 3. The Labute approximate surface area is 240 Å². The van der Waals surface area contributed by atoms with E-state index in [-0.39, 0.29) is 16.9 Å². The van der Waals surface area contributed by atoms with Gasteiger partial charge in [-0.3, -0.25) is 0 Å². The molecule has 3 rings (SSSR count). The van der Waals surface area contributed by atoms with E-state index in [0.29, 0.717) is 11.4 Å². The third-order valence-corrected chi connectivity index (χ3v) is 5.71. The number of rotatable bonds is 9. The fraction of sp³-hybridized carbons (Fsp3) is 0.242. The number of amides is 4. The van der Waals surface area contributed by atoms with Gasteiger partial charge in [0.25, 0.3) is 0 Å². The number of hydrogen-bond acceptors (Lipinski definition) is 3. The molecule has 8 heteroatoms. The maximum Gasteiger partial charge on any atom is 0.335 e. The lowest BCUT2D eigenvalue weighted by molar-refractivity contribution is 0.0697. The first-order chi connectivity index (χ1) is 19.9. The Kier molecular flexibility index (Phi) is 11.9. The third kappa shape index (κ3) is 10.8. The molecular weight excluding hydrogens is 516 g/mol. The molecule has 0 unspecified atom stereocenters. The van der Waals surface area contributed by atoms with Gasteiger partial charge in [0.05, 0.1) is 5.56 Å². The van der Waals surface area contributed by atoms with Crippen LogP contribution in [0.5, 0.6) is 0 Å². The number of urea groups is 2. The zero-order valence-electron chi connectivity index (χ0n) is 23.3. The molecule has 0 aromatic heterocycles. The molecule has 0 saturated carbocycles. The zero-order chi connectivity index (χ0) is 29.5. The average Bonchev–Trinajstić information content (AvgIpc) is 2.93. The van der Waals surface area contributed by atoms with Gasteiger partial charge in [0.1, 0.15) is 0 Å². The number of hydrogen-bond donors (Lipinski definition) is 5. The fourth-order valence-electron chi connectivity index (χ4n) is 3.69. The highest BCUT2D eigenvalue weighted by atomic mass is 16.4. The van der Waals surface area contributed by atoms with E-state index < -0.39 is 18.0 Å². The van der Waals surface area contributed by atoms with Crippen LogP contribution in [0.4, 0.5) is 32.3 Å². The van der Waals surface area contributed by atoms with Crippen LogP contribution >= 0.6 is 0 Å². The van der Waals surface area contributed by atoms with Crippen molar-refractivity contribution < 1.29 is 19.5 Å². The second-order valence-corrected chi connectivity index (χ2v) is 9.23. The lowest BCUT2D eigenvalue weighted by Gasteiger charge is -2.12. The number of carbonyl (C=O) groups is 3. The largest absolute Gasteiger partial charge is 0.478 e. The van der Waals surface area contributed by atoms with Crippen LogP contribution in [-0.2, 0) is 0 Å². The maximum atomic E-state index is 12.7. The summed E-state index contributed by atoms with van der Waals surface area (Å²) in [5, 5.41) is 20.3. The average molecular weight is 551 g/mol. The lowest BCUT2D eigenvalue weighted by Crippen LogP contribution is -2.21. The Bertz CT molecular complexity index is 1400. The van der Waals surface area contributed by atoms with Gasteiger partial charge in [0.2, 0.25) is 0 Å². The summed E-state index contributed by atoms with van der Waals surface area (Å²) in [6.07, 6.45) is 5.83. The van der Waals surface area contributed by atoms with Crippen molar-refractivity contribution in [2.45, 2.75) is 52.4 Å². The first-order valence-corrected chi connectivity index (χ1v) is 13.6. The first kappa shape index (κ1) is 30.3. The molecule has 0 heterocycles. The van der Waals surface area contributed by atoms with Gasteiger partial charge in [-0.1, -0.05) is 62.5 Å². The van der Waals surface area contributed by atoms with E-state index in [1.807, 2.05) is 12.1 Å². The van der Waals surface area contributed by atoms with Gasteiger partial charge < -0.3 is 26.4 Å². The first-order valence-electron chi connectivity index (χ1n) is 13.6. The summed E-state index contributed by atoms with van der Waals surface area (Å²) in [6.45, 7) is 4.22. The number of carboxylic acid groups (broad SMARTS) is 1. The maximum absolute atomic E-state index is 12.7. The van der Waals surface area contributed by atoms with Crippen molar-refractivity contribution in [1.82, 2.24) is 0 Å². The predicted molar refractivity (Wildman–Crippen MR) is 164 cm³/mol. The monoisotopic (exact) mass is 550 g/mol. The van der Waals surface area contributed by atoms with Crippen LogP contribution in [0.2, 0.25) is 0 Å². The van der Waals surface area contributed by atoms with E-state index in [4.69, 9.17) is 0 Å². The minimum absolute atomic E-state index is 0.105. The zero-order valence-corrected chi connectivity index (χ0v) is 23.3. The molecule has 3 aromatic carbocycles. The number of aromatic carboxylic acids is 1. The molecule has 0 atom stereocenters. The van der Waals surface area contributed by atoms with Crippen molar-refractivity contribution in [3.63, 3.8) is 0 Å². The normalized spacial score (nSPS) is 9.80. The molecule has 4 amide bonds. The Morgan fingerprint density at radius 2 is 1.07 bits per heavy atom. The quantitative estimate of drug-likeness (QED) is 0.138. The summed E-state index contributed by atoms with van der Waals surface area (Å²) in [4.78, 5) is 37.1. The minimum Gasteiger partial charge on any atom is -0.478 e. The van der Waals surface area contributed by atoms with Crippen LogP contribution < -0.4 is 21.3 Å². The SMILES string of the molecule is CCCCC#Cc1cccc(NC(=O)Nc2cc(NC(=O)Nc3cccc(C#CCCCC)c3)cc(C(=O)O)c2)c1. The molecule has 8 nitrogen and oxygen atoms in total. The molecule has 0 spiro atoms. The van der Waals surface area contributed by atoms with Crippen molar-refractivity contribution in [3.8, 4) is 23.7 Å². The van der Waals surface area contributed by atoms with Crippen molar-refractivity contribution in [2.24, 2.45) is 0 Å². The highest BCUT2D eigenvalue weighted by Crippen LogP contribution is 2.21. The smallest absolute Gasteiger partial charge is 0.335 e. The van der Waals surface area contributed by atoms with Crippen LogP contribution in [-0.4, -0.2) is 23.1 Å². The topological polar surface area (TPSA) is 120 Å². The van der Waals surface area contributed by atoms with Crippen LogP contribution in [0.25, 0.3) is 0 Å². The number of anilines is 4. The van der Waals surface area contributed by atoms with E-state index in [0.717, 1.165) is 49.7 Å². The summed E-state index contributed by atoms with van der Waals surface area (Å²) in [5.74, 6) is 11.2. The number of unbranched alkanes of at least 4 members (excludes halogenated alkanes) is 4. The van der Waals surface area contributed by atoms with Gasteiger partial charge in [-0.15, -0.1) is 0 Å². The Hall–Kier alpha value is -5.21. The Morgan fingerprint density at radius 3 is 1.49 bits per heavy atom. The predicted octanol–water partition coefficient (Wildman–Crippen LogP) is 7.76. The van der Waals surface area contributed by atoms with E-state index in [9.17, 15) is 19.5 Å². The minimum atomic E-state index is -1.21. The third-order valence-electron chi connectivity index (χ3n) is 5.71. The van der Waals surface area contributed by atoms with Crippen LogP contribution in [0.3, 0.4) is 0 Å². The molecular formula is C33H34N4O4. The molecule has 0 aliphatic carbocycles. The highest BCUT2D eigenvalue weighted by Gasteiger charge is 2.12. The van der Waals surface area contributed by atoms with Crippen molar-refractivity contribution in [3.05, 3.63) is 83.4 Å². The number of carbonyl (C=O) groups excluding carboxylic acids is 2. The van der Waals surface area contributed by atoms with Crippen LogP contribution in [0.15, 0.2) is 66.7 Å². The van der Waals surface area contributed by atoms with E-state index in [2.05, 4.69) is 58.8 Å². The lowest BCUT2D eigenvalue weighted by atomic mass is 10.1. The van der Waals surface area contributed by atoms with Gasteiger partial charge >= 0.3 is 18.0 Å². The molecule has 41 heavy (non-hydrogen) atoms. The number of nitrogens with one attached hydrogen (secondary N) is 4. The van der Waals surface area contributed by atoms with Gasteiger partial charge in [0.15, 0.2) is 0 Å². The Morgan fingerprint density at radius 1 is 0.634 bits per heavy atom. The summed E-state index contributed by atoms with van der Waals surface area (Å²) in [7, 11) is 0. The summed E-state index contributed by atoms with van der Waals surface area (Å²) >= 11 is 0. The van der Waals surface area contributed by atoms with Gasteiger partial charge in [-0.25, -0.2) is 14.4 Å². The summed E-state index contributed by atoms with van der Waals surface area (Å²) in [6, 6.07) is 17.2. The molecule has 5 N–H and O–H groups in total. The second kappa shape index (κ2) is 16.0. The van der Waals surface area contributed by atoms with Gasteiger partial charge in [-0.05, 0) is 67.4 Å². The van der Waals surface area contributed by atoms with Crippen molar-refractivity contribution in [2.75, 3.05) is 21.3 Å². The second-order valence-electron chi connectivity index (χ2n) is 9.23. The molecule has 0 radical (unpaired) electrons.